The molecule has 0 aliphatic rings. The third-order valence-electron chi connectivity index (χ3n) is 2.10. The summed E-state index contributed by atoms with van der Waals surface area (Å²) in [7, 11) is 0. The summed E-state index contributed by atoms with van der Waals surface area (Å²) >= 11 is 1.15. The molecule has 0 spiro atoms. The molecule has 0 saturated heterocycles. The van der Waals surface area contributed by atoms with Crippen molar-refractivity contribution in [2.24, 2.45) is 0 Å². The van der Waals surface area contributed by atoms with Crippen molar-refractivity contribution >= 4 is 17.1 Å². The highest BCUT2D eigenvalue weighted by Crippen LogP contribution is 2.29. The largest absolute Gasteiger partial charge is 0.416 e. The lowest BCUT2D eigenvalue weighted by Crippen LogP contribution is -2.06. The van der Waals surface area contributed by atoms with Gasteiger partial charge in [-0.05, 0) is 12.1 Å². The van der Waals surface area contributed by atoms with Crippen molar-refractivity contribution in [3.05, 3.63) is 52.0 Å². The highest BCUT2D eigenvalue weighted by atomic mass is 32.1. The van der Waals surface area contributed by atoms with Gasteiger partial charge in [0.05, 0.1) is 5.56 Å². The zero-order chi connectivity index (χ0) is 12.5. The van der Waals surface area contributed by atoms with E-state index >= 15 is 0 Å². The highest BCUT2D eigenvalue weighted by molar-refractivity contribution is 7.11. The molecule has 0 bridgehead atoms. The molecule has 0 radical (unpaired) electrons. The van der Waals surface area contributed by atoms with Crippen LogP contribution in [-0.2, 0) is 6.18 Å². The van der Waals surface area contributed by atoms with E-state index in [1.807, 2.05) is 0 Å². The second-order valence-electron chi connectivity index (χ2n) is 3.24. The van der Waals surface area contributed by atoms with Gasteiger partial charge in [-0.1, -0.05) is 12.1 Å². The van der Waals surface area contributed by atoms with Crippen molar-refractivity contribution < 1.29 is 18.0 Å². The summed E-state index contributed by atoms with van der Waals surface area (Å²) in [5.74, 6) is -0.367. The average Bonchev–Trinajstić information content (AvgIpc) is 2.80. The first-order valence-corrected chi connectivity index (χ1v) is 5.48. The summed E-state index contributed by atoms with van der Waals surface area (Å²) in [4.78, 5) is 15.5. The Labute approximate surface area is 98.7 Å². The number of hydrogen-bond donors (Lipinski definition) is 0. The SMILES string of the molecule is O=C(c1ccc(C(F)(F)F)cc1)c1nccs1. The summed E-state index contributed by atoms with van der Waals surface area (Å²) in [6, 6.07) is 4.10. The first-order valence-electron chi connectivity index (χ1n) is 4.60. The Morgan fingerprint density at radius 2 is 1.82 bits per heavy atom. The molecule has 2 nitrogen and oxygen atoms in total. The summed E-state index contributed by atoms with van der Waals surface area (Å²) in [6.07, 6.45) is -2.91. The molecule has 0 unspecified atom stereocenters. The van der Waals surface area contributed by atoms with E-state index in [0.29, 0.717) is 0 Å². The van der Waals surface area contributed by atoms with Crippen LogP contribution in [0.4, 0.5) is 13.2 Å². The molecular weight excluding hydrogens is 251 g/mol. The number of aromatic nitrogens is 1. The molecule has 1 aromatic carbocycles. The molecule has 2 rings (SSSR count). The maximum absolute atomic E-state index is 12.3. The fourth-order valence-electron chi connectivity index (χ4n) is 1.27. The first kappa shape index (κ1) is 11.8. The number of halogens is 3. The number of ketones is 1. The smallest absolute Gasteiger partial charge is 0.286 e. The molecule has 0 aliphatic carbocycles. The minimum Gasteiger partial charge on any atom is -0.286 e. The lowest BCUT2D eigenvalue weighted by molar-refractivity contribution is -0.137. The quantitative estimate of drug-likeness (QED) is 0.772. The number of nitrogens with zero attached hydrogens (tertiary/aromatic N) is 1. The number of benzene rings is 1. The van der Waals surface area contributed by atoms with Gasteiger partial charge < -0.3 is 0 Å². The molecule has 0 amide bonds. The Morgan fingerprint density at radius 3 is 2.29 bits per heavy atom. The van der Waals surface area contributed by atoms with Crippen LogP contribution in [0.3, 0.4) is 0 Å². The predicted molar refractivity (Wildman–Crippen MR) is 57.0 cm³/mol. The number of rotatable bonds is 2. The van der Waals surface area contributed by atoms with Gasteiger partial charge in [0, 0.05) is 17.1 Å². The van der Waals surface area contributed by atoms with Crippen LogP contribution in [0.2, 0.25) is 0 Å². The van der Waals surface area contributed by atoms with Crippen molar-refractivity contribution in [2.45, 2.75) is 6.18 Å². The summed E-state index contributed by atoms with van der Waals surface area (Å²) in [6.45, 7) is 0. The van der Waals surface area contributed by atoms with Gasteiger partial charge >= 0.3 is 6.18 Å². The molecule has 88 valence electrons. The van der Waals surface area contributed by atoms with Gasteiger partial charge in [-0.2, -0.15) is 13.2 Å². The molecule has 2 aromatic rings. The molecule has 0 N–H and O–H groups in total. The third kappa shape index (κ3) is 2.52. The predicted octanol–water partition coefficient (Wildman–Crippen LogP) is 3.39. The van der Waals surface area contributed by atoms with Crippen LogP contribution < -0.4 is 0 Å². The van der Waals surface area contributed by atoms with Crippen LogP contribution >= 0.6 is 11.3 Å². The third-order valence-corrected chi connectivity index (χ3v) is 2.87. The van der Waals surface area contributed by atoms with Crippen molar-refractivity contribution in [2.75, 3.05) is 0 Å². The first-order chi connectivity index (χ1) is 7.98. The average molecular weight is 257 g/mol. The number of carbonyl (C=O) groups excluding carboxylic acids is 1. The molecule has 0 atom stereocenters. The number of thiazole rings is 1. The van der Waals surface area contributed by atoms with Crippen molar-refractivity contribution in [1.82, 2.24) is 4.98 Å². The Bertz CT molecular complexity index is 517. The summed E-state index contributed by atoms with van der Waals surface area (Å²) < 4.78 is 36.9. The van der Waals surface area contributed by atoms with Crippen molar-refractivity contribution in [3.8, 4) is 0 Å². The molecular formula is C11H6F3NOS. The molecule has 1 aromatic heterocycles. The van der Waals surface area contributed by atoms with Gasteiger partial charge in [0.1, 0.15) is 0 Å². The van der Waals surface area contributed by atoms with E-state index < -0.39 is 11.7 Å². The van der Waals surface area contributed by atoms with Crippen LogP contribution in [0.25, 0.3) is 0 Å². The molecule has 17 heavy (non-hydrogen) atoms. The van der Waals surface area contributed by atoms with Gasteiger partial charge in [-0.25, -0.2) is 4.98 Å². The Balaban J connectivity index is 2.28. The molecule has 1 heterocycles. The van der Waals surface area contributed by atoms with E-state index in [9.17, 15) is 18.0 Å². The number of alkyl halides is 3. The summed E-state index contributed by atoms with van der Waals surface area (Å²) in [5, 5.41) is 1.90. The lowest BCUT2D eigenvalue weighted by Gasteiger charge is -2.06. The second kappa shape index (κ2) is 4.29. The lowest BCUT2D eigenvalue weighted by atomic mass is 10.1. The van der Waals surface area contributed by atoms with Gasteiger partial charge in [0.15, 0.2) is 5.01 Å². The topological polar surface area (TPSA) is 30.0 Å². The van der Waals surface area contributed by atoms with E-state index in [-0.39, 0.29) is 16.4 Å². The van der Waals surface area contributed by atoms with Gasteiger partial charge in [-0.3, -0.25) is 4.79 Å². The van der Waals surface area contributed by atoms with Crippen LogP contribution in [0.1, 0.15) is 20.9 Å². The van der Waals surface area contributed by atoms with Crippen LogP contribution in [-0.4, -0.2) is 10.8 Å². The van der Waals surface area contributed by atoms with Crippen LogP contribution in [0.5, 0.6) is 0 Å². The van der Waals surface area contributed by atoms with Gasteiger partial charge in [0.2, 0.25) is 5.78 Å². The maximum atomic E-state index is 12.3. The zero-order valence-corrected chi connectivity index (χ0v) is 9.18. The minimum atomic E-state index is -4.39. The fourth-order valence-corrected chi connectivity index (χ4v) is 1.87. The zero-order valence-electron chi connectivity index (χ0n) is 8.36. The maximum Gasteiger partial charge on any atom is 0.416 e. The summed E-state index contributed by atoms with van der Waals surface area (Å²) in [5.41, 5.74) is -0.568. The van der Waals surface area contributed by atoms with Crippen LogP contribution in [0.15, 0.2) is 35.8 Å². The van der Waals surface area contributed by atoms with E-state index in [4.69, 9.17) is 0 Å². The Morgan fingerprint density at radius 1 is 1.18 bits per heavy atom. The standard InChI is InChI=1S/C11H6F3NOS/c12-11(13,14)8-3-1-7(2-4-8)9(16)10-15-5-6-17-10/h1-6H. The Kier molecular flexibility index (Phi) is 2.97. The molecule has 0 aliphatic heterocycles. The molecule has 6 heteroatoms. The van der Waals surface area contributed by atoms with E-state index in [0.717, 1.165) is 35.6 Å². The van der Waals surface area contributed by atoms with Crippen LogP contribution in [0, 0.1) is 0 Å². The molecule has 0 saturated carbocycles. The second-order valence-corrected chi connectivity index (χ2v) is 4.14. The normalized spacial score (nSPS) is 11.5. The van der Waals surface area contributed by atoms with E-state index in [2.05, 4.69) is 4.98 Å². The van der Waals surface area contributed by atoms with E-state index in [1.54, 1.807) is 5.38 Å². The fraction of sp³-hybridized carbons (Fsp3) is 0.0909. The van der Waals surface area contributed by atoms with Gasteiger partial charge in [-0.15, -0.1) is 11.3 Å². The minimum absolute atomic E-state index is 0.202. The van der Waals surface area contributed by atoms with Gasteiger partial charge in [0.25, 0.3) is 0 Å². The van der Waals surface area contributed by atoms with Crippen molar-refractivity contribution in [3.63, 3.8) is 0 Å². The monoisotopic (exact) mass is 257 g/mol. The Hall–Kier alpha value is -1.69. The number of carbonyl (C=O) groups is 1. The molecule has 0 fully saturated rings. The highest BCUT2D eigenvalue weighted by Gasteiger charge is 2.30. The number of hydrogen-bond acceptors (Lipinski definition) is 3. The van der Waals surface area contributed by atoms with E-state index in [1.165, 1.54) is 6.20 Å². The van der Waals surface area contributed by atoms with Crippen molar-refractivity contribution in [1.29, 1.82) is 0 Å².